The van der Waals surface area contributed by atoms with Gasteiger partial charge in [0, 0.05) is 19.5 Å². The topological polar surface area (TPSA) is 163 Å². The molecule has 1 aromatic heterocycles. The fourth-order valence-corrected chi connectivity index (χ4v) is 2.76. The molecule has 0 radical (unpaired) electrons. The molecule has 3 atom stereocenters. The van der Waals surface area contributed by atoms with Crippen molar-refractivity contribution in [2.45, 2.75) is 37.5 Å². The van der Waals surface area contributed by atoms with Crippen LogP contribution in [0.2, 0.25) is 0 Å². The molecule has 14 heteroatoms. The molecule has 11 nitrogen and oxygen atoms in total. The second kappa shape index (κ2) is 9.33. The van der Waals surface area contributed by atoms with Crippen LogP contribution in [0, 0.1) is 11.8 Å². The molecule has 31 heavy (non-hydrogen) atoms. The van der Waals surface area contributed by atoms with Crippen LogP contribution in [0.3, 0.4) is 0 Å². The first-order chi connectivity index (χ1) is 14.4. The van der Waals surface area contributed by atoms with Gasteiger partial charge in [-0.1, -0.05) is 11.8 Å². The molecule has 1 saturated heterocycles. The molecule has 0 bridgehead atoms. The molecule has 1 aromatic rings. The molecule has 0 aliphatic carbocycles. The van der Waals surface area contributed by atoms with E-state index >= 15 is 0 Å². The van der Waals surface area contributed by atoms with Crippen molar-refractivity contribution < 1.29 is 37.7 Å². The zero-order chi connectivity index (χ0) is 23.4. The highest BCUT2D eigenvalue weighted by molar-refractivity contribution is 5.81. The van der Waals surface area contributed by atoms with Crippen LogP contribution in [0.1, 0.15) is 25.1 Å². The van der Waals surface area contributed by atoms with E-state index in [1.54, 1.807) is 0 Å². The van der Waals surface area contributed by atoms with Gasteiger partial charge in [-0.3, -0.25) is 23.9 Å². The summed E-state index contributed by atoms with van der Waals surface area (Å²) in [7, 11) is 0. The van der Waals surface area contributed by atoms with Crippen LogP contribution in [0.4, 0.5) is 13.2 Å². The average Bonchev–Trinajstić information content (AvgIpc) is 3.00. The molecule has 0 aromatic carbocycles. The summed E-state index contributed by atoms with van der Waals surface area (Å²) >= 11 is 0. The van der Waals surface area contributed by atoms with Gasteiger partial charge < -0.3 is 25.6 Å². The quantitative estimate of drug-likeness (QED) is 0.317. The number of amides is 2. The predicted molar refractivity (Wildman–Crippen MR) is 96.5 cm³/mol. The summed E-state index contributed by atoms with van der Waals surface area (Å²) < 4.78 is 42.9. The van der Waals surface area contributed by atoms with Crippen LogP contribution in [-0.4, -0.2) is 69.2 Å². The summed E-state index contributed by atoms with van der Waals surface area (Å²) in [6.45, 7) is -0.424. The van der Waals surface area contributed by atoms with E-state index in [-0.39, 0.29) is 18.5 Å². The predicted octanol–water partition coefficient (Wildman–Crippen LogP) is -2.29. The summed E-state index contributed by atoms with van der Waals surface area (Å²) in [5.74, 6) is 1.75. The fraction of sp³-hybridized carbons (Fsp3) is 0.529. The van der Waals surface area contributed by atoms with Crippen LogP contribution in [-0.2, 0) is 14.3 Å². The first-order valence-corrected chi connectivity index (χ1v) is 8.80. The number of nitrogens with zero attached hydrogens (tertiary/aromatic N) is 1. The third-order valence-electron chi connectivity index (χ3n) is 4.40. The van der Waals surface area contributed by atoms with Crippen molar-refractivity contribution in [3.63, 3.8) is 0 Å². The number of aromatic amines is 1. The molecule has 1 aliphatic rings. The molecule has 0 unspecified atom stereocenters. The molecule has 1 fully saturated rings. The molecular weight excluding hydrogens is 429 g/mol. The molecule has 2 rings (SSSR count). The average molecular weight is 448 g/mol. The third-order valence-corrected chi connectivity index (χ3v) is 4.40. The first kappa shape index (κ1) is 24.1. The van der Waals surface area contributed by atoms with E-state index in [0.29, 0.717) is 0 Å². The van der Waals surface area contributed by atoms with Gasteiger partial charge in [0.15, 0.2) is 0 Å². The molecule has 2 amide bonds. The van der Waals surface area contributed by atoms with E-state index in [4.69, 9.17) is 4.74 Å². The Bertz CT molecular complexity index is 1020. The maximum atomic E-state index is 12.2. The Morgan fingerprint density at radius 3 is 2.65 bits per heavy atom. The number of aliphatic hydroxyl groups is 2. The summed E-state index contributed by atoms with van der Waals surface area (Å²) in [6.07, 6.45) is -6.71. The van der Waals surface area contributed by atoms with Crippen molar-refractivity contribution in [1.29, 1.82) is 0 Å². The summed E-state index contributed by atoms with van der Waals surface area (Å²) in [5.41, 5.74) is -3.77. The Kier molecular flexibility index (Phi) is 7.26. The van der Waals surface area contributed by atoms with E-state index in [2.05, 4.69) is 17.2 Å². The second-order valence-corrected chi connectivity index (χ2v) is 6.65. The summed E-state index contributed by atoms with van der Waals surface area (Å²) in [6, 6.07) is 0. The van der Waals surface area contributed by atoms with E-state index in [1.807, 2.05) is 4.98 Å². The number of rotatable bonds is 5. The third kappa shape index (κ3) is 5.72. The normalized spacial score (nSPS) is 23.0. The van der Waals surface area contributed by atoms with E-state index in [9.17, 15) is 42.6 Å². The van der Waals surface area contributed by atoms with Crippen LogP contribution in [0.25, 0.3) is 0 Å². The van der Waals surface area contributed by atoms with Gasteiger partial charge in [-0.15, -0.1) is 0 Å². The minimum Gasteiger partial charge on any atom is -0.393 e. The number of carbonyl (C=O) groups is 2. The van der Waals surface area contributed by atoms with Gasteiger partial charge in [0.05, 0.1) is 25.8 Å². The Balaban J connectivity index is 2.23. The van der Waals surface area contributed by atoms with Crippen LogP contribution in [0.15, 0.2) is 15.8 Å². The van der Waals surface area contributed by atoms with Crippen molar-refractivity contribution in [2.24, 2.45) is 0 Å². The minimum atomic E-state index is -5.08. The SMILES string of the molecule is CC(=O)NC[C@]1(CO)O[C@@H](n2cc(C#CCNC(=O)C(F)(F)F)c(=O)[nH]c2=O)C[C@@H]1O. The van der Waals surface area contributed by atoms with Crippen molar-refractivity contribution in [3.8, 4) is 11.8 Å². The van der Waals surface area contributed by atoms with Crippen LogP contribution >= 0.6 is 0 Å². The molecule has 1 aliphatic heterocycles. The van der Waals surface area contributed by atoms with E-state index < -0.39 is 60.3 Å². The van der Waals surface area contributed by atoms with Gasteiger partial charge >= 0.3 is 17.8 Å². The number of nitrogens with one attached hydrogen (secondary N) is 3. The maximum Gasteiger partial charge on any atom is 0.471 e. The molecule has 170 valence electrons. The van der Waals surface area contributed by atoms with Crippen molar-refractivity contribution in [1.82, 2.24) is 20.2 Å². The Morgan fingerprint density at radius 1 is 1.39 bits per heavy atom. The first-order valence-electron chi connectivity index (χ1n) is 8.80. The lowest BCUT2D eigenvalue weighted by Gasteiger charge is -2.30. The van der Waals surface area contributed by atoms with Gasteiger partial charge in [-0.25, -0.2) is 4.79 Å². The fourth-order valence-electron chi connectivity index (χ4n) is 2.76. The lowest BCUT2D eigenvalue weighted by molar-refractivity contribution is -0.173. The number of alkyl halides is 3. The molecule has 0 saturated carbocycles. The van der Waals surface area contributed by atoms with Gasteiger partial charge in [0.2, 0.25) is 5.91 Å². The Hall–Kier alpha value is -3.15. The number of hydrogen-bond donors (Lipinski definition) is 5. The van der Waals surface area contributed by atoms with Gasteiger partial charge in [-0.05, 0) is 0 Å². The number of aliphatic hydroxyl groups excluding tert-OH is 2. The van der Waals surface area contributed by atoms with Crippen molar-refractivity contribution >= 4 is 11.8 Å². The number of carbonyl (C=O) groups excluding carboxylic acids is 2. The number of halogens is 3. The Morgan fingerprint density at radius 2 is 2.06 bits per heavy atom. The smallest absolute Gasteiger partial charge is 0.393 e. The minimum absolute atomic E-state index is 0.180. The lowest BCUT2D eigenvalue weighted by atomic mass is 9.97. The van der Waals surface area contributed by atoms with Crippen LogP contribution in [0.5, 0.6) is 0 Å². The molecular formula is C17H19F3N4O7. The maximum absolute atomic E-state index is 12.2. The standard InChI is InChI=1S/C17H19F3N4O7/c1-9(26)22-7-16(8-25)11(27)5-12(31-16)24-6-10(13(28)23-15(24)30)3-2-4-21-14(29)17(18,19)20/h6,11-12,25,27H,4-5,7-8H2,1H3,(H,21,29)(H,22,26)(H,23,28,30)/t11-,12+,16+/m0/s1. The highest BCUT2D eigenvalue weighted by atomic mass is 19.4. The summed E-state index contributed by atoms with van der Waals surface area (Å²) in [5, 5.41) is 23.9. The van der Waals surface area contributed by atoms with E-state index in [1.165, 1.54) is 12.2 Å². The highest BCUT2D eigenvalue weighted by Crippen LogP contribution is 2.35. The second-order valence-electron chi connectivity index (χ2n) is 6.65. The number of H-pyrrole nitrogens is 1. The zero-order valence-electron chi connectivity index (χ0n) is 16.1. The van der Waals surface area contributed by atoms with Gasteiger partial charge in [0.25, 0.3) is 5.56 Å². The van der Waals surface area contributed by atoms with Crippen molar-refractivity contribution in [2.75, 3.05) is 19.7 Å². The lowest BCUT2D eigenvalue weighted by Crippen LogP contribution is -2.52. The number of hydrogen-bond acceptors (Lipinski definition) is 7. The molecule has 5 N–H and O–H groups in total. The van der Waals surface area contributed by atoms with Crippen LogP contribution < -0.4 is 21.9 Å². The number of ether oxygens (including phenoxy) is 1. The monoisotopic (exact) mass is 448 g/mol. The Labute approximate surface area is 172 Å². The zero-order valence-corrected chi connectivity index (χ0v) is 16.1. The van der Waals surface area contributed by atoms with Gasteiger partial charge in [0.1, 0.15) is 17.4 Å². The molecule has 0 spiro atoms. The van der Waals surface area contributed by atoms with E-state index in [0.717, 1.165) is 10.8 Å². The largest absolute Gasteiger partial charge is 0.471 e. The highest BCUT2D eigenvalue weighted by Gasteiger charge is 2.49. The summed E-state index contributed by atoms with van der Waals surface area (Å²) in [4.78, 5) is 47.9. The molecule has 2 heterocycles. The van der Waals surface area contributed by atoms with Gasteiger partial charge in [-0.2, -0.15) is 13.2 Å². The van der Waals surface area contributed by atoms with Crippen molar-refractivity contribution in [3.05, 3.63) is 32.6 Å². The number of aromatic nitrogens is 2.